The van der Waals surface area contributed by atoms with Crippen molar-refractivity contribution in [1.82, 2.24) is 0 Å². The van der Waals surface area contributed by atoms with Crippen molar-refractivity contribution in [1.29, 1.82) is 0 Å². The van der Waals surface area contributed by atoms with Crippen LogP contribution in [0.4, 0.5) is 14.5 Å². The van der Waals surface area contributed by atoms with Gasteiger partial charge in [0.25, 0.3) is 0 Å². The lowest BCUT2D eigenvalue weighted by atomic mass is 10.1. The van der Waals surface area contributed by atoms with Gasteiger partial charge in [0.15, 0.2) is 17.4 Å². The van der Waals surface area contributed by atoms with Gasteiger partial charge < -0.3 is 10.1 Å². The molecule has 0 bridgehead atoms. The van der Waals surface area contributed by atoms with Crippen LogP contribution < -0.4 is 10.1 Å². The topological polar surface area (TPSA) is 38.3 Å². The minimum Gasteiger partial charge on any atom is -0.493 e. The van der Waals surface area contributed by atoms with E-state index in [1.165, 1.54) is 13.2 Å². The van der Waals surface area contributed by atoms with E-state index in [1.54, 1.807) is 18.2 Å². The van der Waals surface area contributed by atoms with Crippen LogP contribution in [0.1, 0.15) is 12.0 Å². The molecule has 0 radical (unpaired) electrons. The fraction of sp³-hybridized carbons (Fsp3) is 0.188. The van der Waals surface area contributed by atoms with E-state index < -0.39 is 11.6 Å². The van der Waals surface area contributed by atoms with Crippen molar-refractivity contribution in [3.63, 3.8) is 0 Å². The standard InChI is InChI=1S/C16H14ClF2NO2/c1-22-16-11(17)3-2-4-14(16)20-15(21)8-6-10-5-7-12(18)13(19)9-10/h2-5,7,9H,6,8H2,1H3,(H,20,21). The lowest BCUT2D eigenvalue weighted by Gasteiger charge is -2.11. The quantitative estimate of drug-likeness (QED) is 0.894. The maximum absolute atomic E-state index is 13.1. The van der Waals surface area contributed by atoms with Gasteiger partial charge in [0.1, 0.15) is 0 Å². The van der Waals surface area contributed by atoms with E-state index in [0.717, 1.165) is 12.1 Å². The Morgan fingerprint density at radius 1 is 1.23 bits per heavy atom. The molecule has 3 nitrogen and oxygen atoms in total. The van der Waals surface area contributed by atoms with E-state index in [0.29, 0.717) is 28.4 Å². The number of halogens is 3. The van der Waals surface area contributed by atoms with Crippen LogP contribution in [0.5, 0.6) is 5.75 Å². The van der Waals surface area contributed by atoms with Crippen molar-refractivity contribution in [2.24, 2.45) is 0 Å². The summed E-state index contributed by atoms with van der Waals surface area (Å²) in [6.07, 6.45) is 0.423. The van der Waals surface area contributed by atoms with Gasteiger partial charge in [0, 0.05) is 6.42 Å². The van der Waals surface area contributed by atoms with Gasteiger partial charge in [-0.1, -0.05) is 23.7 Å². The average Bonchev–Trinajstić information content (AvgIpc) is 2.49. The highest BCUT2D eigenvalue weighted by atomic mass is 35.5. The van der Waals surface area contributed by atoms with Crippen LogP contribution >= 0.6 is 11.6 Å². The predicted molar refractivity (Wildman–Crippen MR) is 81.3 cm³/mol. The van der Waals surface area contributed by atoms with Crippen LogP contribution in [-0.2, 0) is 11.2 Å². The summed E-state index contributed by atoms with van der Waals surface area (Å²) in [5.41, 5.74) is 1.01. The molecule has 0 aliphatic carbocycles. The second-order valence-corrected chi connectivity index (χ2v) is 5.02. The molecular weight excluding hydrogens is 312 g/mol. The lowest BCUT2D eigenvalue weighted by molar-refractivity contribution is -0.116. The second kappa shape index (κ2) is 7.22. The molecular formula is C16H14ClF2NO2. The van der Waals surface area contributed by atoms with Gasteiger partial charge in [0.05, 0.1) is 17.8 Å². The highest BCUT2D eigenvalue weighted by molar-refractivity contribution is 6.32. The number of para-hydroxylation sites is 1. The number of nitrogens with one attached hydrogen (secondary N) is 1. The monoisotopic (exact) mass is 325 g/mol. The van der Waals surface area contributed by atoms with Crippen LogP contribution in [0.3, 0.4) is 0 Å². The maximum atomic E-state index is 13.1. The largest absolute Gasteiger partial charge is 0.493 e. The van der Waals surface area contributed by atoms with E-state index in [2.05, 4.69) is 5.32 Å². The third-order valence-corrected chi connectivity index (χ3v) is 3.37. The van der Waals surface area contributed by atoms with E-state index in [1.807, 2.05) is 0 Å². The van der Waals surface area contributed by atoms with Gasteiger partial charge >= 0.3 is 0 Å². The molecule has 1 N–H and O–H groups in total. The van der Waals surface area contributed by atoms with Crippen molar-refractivity contribution < 1.29 is 18.3 Å². The maximum Gasteiger partial charge on any atom is 0.224 e. The summed E-state index contributed by atoms with van der Waals surface area (Å²) in [6, 6.07) is 8.59. The number of aryl methyl sites for hydroxylation is 1. The summed E-state index contributed by atoms with van der Waals surface area (Å²) in [5.74, 6) is -1.72. The molecule has 0 saturated heterocycles. The first-order valence-electron chi connectivity index (χ1n) is 6.57. The first-order valence-corrected chi connectivity index (χ1v) is 6.95. The van der Waals surface area contributed by atoms with Crippen molar-refractivity contribution in [3.8, 4) is 5.75 Å². The van der Waals surface area contributed by atoms with E-state index >= 15 is 0 Å². The number of methoxy groups -OCH3 is 1. The number of rotatable bonds is 5. The summed E-state index contributed by atoms with van der Waals surface area (Å²) >= 11 is 5.96. The molecule has 116 valence electrons. The summed E-state index contributed by atoms with van der Waals surface area (Å²) in [6.45, 7) is 0. The SMILES string of the molecule is COc1c(Cl)cccc1NC(=O)CCc1ccc(F)c(F)c1. The molecule has 0 aliphatic rings. The van der Waals surface area contributed by atoms with Crippen LogP contribution in [-0.4, -0.2) is 13.0 Å². The summed E-state index contributed by atoms with van der Waals surface area (Å²) in [5, 5.41) is 3.07. The number of carbonyl (C=O) groups excluding carboxylic acids is 1. The Bertz CT molecular complexity index is 692. The van der Waals surface area contributed by atoms with Gasteiger partial charge in [-0.15, -0.1) is 0 Å². The predicted octanol–water partition coefficient (Wildman–Crippen LogP) is 4.20. The highest BCUT2D eigenvalue weighted by Gasteiger charge is 2.11. The molecule has 0 fully saturated rings. The number of hydrogen-bond donors (Lipinski definition) is 1. The van der Waals surface area contributed by atoms with Gasteiger partial charge in [-0.05, 0) is 36.2 Å². The second-order valence-electron chi connectivity index (χ2n) is 4.62. The molecule has 0 aliphatic heterocycles. The normalized spacial score (nSPS) is 10.4. The zero-order valence-corrected chi connectivity index (χ0v) is 12.6. The molecule has 2 aromatic rings. The number of carbonyl (C=O) groups is 1. The average molecular weight is 326 g/mol. The van der Waals surface area contributed by atoms with Crippen molar-refractivity contribution in [3.05, 3.63) is 58.6 Å². The first kappa shape index (κ1) is 16.2. The molecule has 1 amide bonds. The third-order valence-electron chi connectivity index (χ3n) is 3.07. The van der Waals surface area contributed by atoms with E-state index in [-0.39, 0.29) is 12.3 Å². The number of hydrogen-bond acceptors (Lipinski definition) is 2. The Morgan fingerprint density at radius 2 is 2.00 bits per heavy atom. The molecule has 2 rings (SSSR count). The van der Waals surface area contributed by atoms with Crippen LogP contribution in [0.2, 0.25) is 5.02 Å². The van der Waals surface area contributed by atoms with E-state index in [9.17, 15) is 13.6 Å². The zero-order valence-electron chi connectivity index (χ0n) is 11.8. The highest BCUT2D eigenvalue weighted by Crippen LogP contribution is 2.32. The molecule has 22 heavy (non-hydrogen) atoms. The summed E-state index contributed by atoms with van der Waals surface area (Å²) in [7, 11) is 1.46. The number of benzene rings is 2. The fourth-order valence-electron chi connectivity index (χ4n) is 1.98. The van der Waals surface area contributed by atoms with Crippen molar-refractivity contribution in [2.75, 3.05) is 12.4 Å². The minimum absolute atomic E-state index is 0.126. The summed E-state index contributed by atoms with van der Waals surface area (Å²) < 4.78 is 31.0. The van der Waals surface area contributed by atoms with Crippen molar-refractivity contribution in [2.45, 2.75) is 12.8 Å². The molecule has 0 unspecified atom stereocenters. The van der Waals surface area contributed by atoms with Crippen LogP contribution in [0, 0.1) is 11.6 Å². The molecule has 2 aromatic carbocycles. The fourth-order valence-corrected chi connectivity index (χ4v) is 2.23. The molecule has 0 atom stereocenters. The van der Waals surface area contributed by atoms with Gasteiger partial charge in [-0.25, -0.2) is 8.78 Å². The van der Waals surface area contributed by atoms with Crippen molar-refractivity contribution >= 4 is 23.2 Å². The van der Waals surface area contributed by atoms with Gasteiger partial charge in [-0.2, -0.15) is 0 Å². The van der Waals surface area contributed by atoms with Crippen LogP contribution in [0.15, 0.2) is 36.4 Å². The Balaban J connectivity index is 1.99. The minimum atomic E-state index is -0.922. The Kier molecular flexibility index (Phi) is 5.33. The third kappa shape index (κ3) is 3.95. The Morgan fingerprint density at radius 3 is 2.68 bits per heavy atom. The number of ether oxygens (including phenoxy) is 1. The molecule has 0 aromatic heterocycles. The zero-order chi connectivity index (χ0) is 16.1. The van der Waals surface area contributed by atoms with E-state index in [4.69, 9.17) is 16.3 Å². The Hall–Kier alpha value is -2.14. The Labute approximate surface area is 131 Å². The van der Waals surface area contributed by atoms with Gasteiger partial charge in [0.2, 0.25) is 5.91 Å². The van der Waals surface area contributed by atoms with Gasteiger partial charge in [-0.3, -0.25) is 4.79 Å². The first-order chi connectivity index (χ1) is 10.5. The lowest BCUT2D eigenvalue weighted by Crippen LogP contribution is -2.13. The van der Waals surface area contributed by atoms with Crippen LogP contribution in [0.25, 0.3) is 0 Å². The number of amides is 1. The summed E-state index contributed by atoms with van der Waals surface area (Å²) in [4.78, 5) is 11.9. The molecule has 0 spiro atoms. The molecule has 0 heterocycles. The smallest absolute Gasteiger partial charge is 0.224 e. The molecule has 6 heteroatoms. The molecule has 0 saturated carbocycles. The number of anilines is 1.